The highest BCUT2D eigenvalue weighted by Crippen LogP contribution is 2.21. The van der Waals surface area contributed by atoms with Gasteiger partial charge >= 0.3 is 0 Å². The maximum absolute atomic E-state index is 12.7. The van der Waals surface area contributed by atoms with E-state index in [4.69, 9.17) is 4.74 Å². The molecule has 0 N–H and O–H groups in total. The average Bonchev–Trinajstić information content (AvgIpc) is 2.77. The number of benzene rings is 2. The number of amides is 1. The smallest absolute Gasteiger partial charge is 0.270 e. The van der Waals surface area contributed by atoms with Crippen molar-refractivity contribution >= 4 is 23.4 Å². The maximum atomic E-state index is 12.7. The summed E-state index contributed by atoms with van der Waals surface area (Å²) in [6, 6.07) is 15.5. The molecule has 1 amide bonds. The van der Waals surface area contributed by atoms with E-state index in [1.165, 1.54) is 24.3 Å². The standard InChI is InChI=1S/C21H20N4O4/c1-29-20-7-5-18(6-8-20)23-9-11-24(12-10-23)21(26)17(15-22)13-16-3-2-4-19(14-16)25(27)28/h2-8,13-14H,9-12H2,1H3/b17-13+. The van der Waals surface area contributed by atoms with Crippen molar-refractivity contribution in [2.24, 2.45) is 0 Å². The Balaban J connectivity index is 1.67. The second-order valence-electron chi connectivity index (χ2n) is 6.50. The Kier molecular flexibility index (Phi) is 6.09. The molecule has 1 saturated heterocycles. The number of anilines is 1. The number of carbonyl (C=O) groups excluding carboxylic acids is 1. The number of nitrogens with zero attached hydrogens (tertiary/aromatic N) is 4. The van der Waals surface area contributed by atoms with Crippen molar-refractivity contribution in [1.82, 2.24) is 4.90 Å². The molecule has 1 aliphatic heterocycles. The number of ether oxygens (including phenoxy) is 1. The Morgan fingerprint density at radius 1 is 1.17 bits per heavy atom. The van der Waals surface area contributed by atoms with Gasteiger partial charge in [-0.25, -0.2) is 0 Å². The third kappa shape index (κ3) is 4.71. The molecule has 0 saturated carbocycles. The molecular weight excluding hydrogens is 372 g/mol. The first-order valence-electron chi connectivity index (χ1n) is 9.06. The number of hydrogen-bond acceptors (Lipinski definition) is 6. The minimum atomic E-state index is -0.510. The van der Waals surface area contributed by atoms with E-state index < -0.39 is 4.92 Å². The van der Waals surface area contributed by atoms with Crippen molar-refractivity contribution in [2.45, 2.75) is 0 Å². The van der Waals surface area contributed by atoms with Gasteiger partial charge in [-0.15, -0.1) is 0 Å². The fourth-order valence-electron chi connectivity index (χ4n) is 3.17. The highest BCUT2D eigenvalue weighted by molar-refractivity contribution is 6.01. The Labute approximate surface area is 168 Å². The van der Waals surface area contributed by atoms with E-state index in [0.29, 0.717) is 31.7 Å². The van der Waals surface area contributed by atoms with E-state index in [-0.39, 0.29) is 17.2 Å². The molecule has 3 rings (SSSR count). The minimum Gasteiger partial charge on any atom is -0.497 e. The molecule has 0 spiro atoms. The van der Waals surface area contributed by atoms with E-state index in [0.717, 1.165) is 11.4 Å². The van der Waals surface area contributed by atoms with E-state index in [1.54, 1.807) is 18.1 Å². The molecule has 1 aliphatic rings. The van der Waals surface area contributed by atoms with Crippen LogP contribution < -0.4 is 9.64 Å². The molecule has 8 nitrogen and oxygen atoms in total. The first kappa shape index (κ1) is 19.9. The SMILES string of the molecule is COc1ccc(N2CCN(C(=O)/C(C#N)=C/c3cccc([N+](=O)[O-])c3)CC2)cc1. The summed E-state index contributed by atoms with van der Waals surface area (Å²) in [5.74, 6) is 0.417. The predicted octanol–water partition coefficient (Wildman–Crippen LogP) is 2.86. The van der Waals surface area contributed by atoms with Crippen LogP contribution in [0.15, 0.2) is 54.1 Å². The molecule has 0 unspecified atom stereocenters. The molecule has 0 bridgehead atoms. The summed E-state index contributed by atoms with van der Waals surface area (Å²) < 4.78 is 5.17. The van der Waals surface area contributed by atoms with Crippen LogP contribution in [-0.4, -0.2) is 49.0 Å². The normalized spacial score (nSPS) is 14.3. The van der Waals surface area contributed by atoms with Crippen molar-refractivity contribution in [3.05, 3.63) is 69.8 Å². The van der Waals surface area contributed by atoms with Crippen molar-refractivity contribution in [1.29, 1.82) is 5.26 Å². The largest absolute Gasteiger partial charge is 0.497 e. The van der Waals surface area contributed by atoms with Crippen molar-refractivity contribution in [3.8, 4) is 11.8 Å². The van der Waals surface area contributed by atoms with Gasteiger partial charge < -0.3 is 14.5 Å². The molecule has 1 fully saturated rings. The summed E-state index contributed by atoms with van der Waals surface area (Å²) in [5.41, 5.74) is 1.37. The zero-order valence-electron chi connectivity index (χ0n) is 15.9. The number of carbonyl (C=O) groups is 1. The first-order chi connectivity index (χ1) is 14.0. The maximum Gasteiger partial charge on any atom is 0.270 e. The molecule has 29 heavy (non-hydrogen) atoms. The van der Waals surface area contributed by atoms with Crippen molar-refractivity contribution < 1.29 is 14.5 Å². The van der Waals surface area contributed by atoms with Gasteiger partial charge in [0.15, 0.2) is 0 Å². The second kappa shape index (κ2) is 8.89. The number of hydrogen-bond donors (Lipinski definition) is 0. The van der Waals surface area contributed by atoms with Crippen molar-refractivity contribution in [3.63, 3.8) is 0 Å². The van der Waals surface area contributed by atoms with Gasteiger partial charge in [0.25, 0.3) is 11.6 Å². The van der Waals surface area contributed by atoms with Gasteiger partial charge in [-0.1, -0.05) is 12.1 Å². The molecule has 0 atom stereocenters. The number of nitro groups is 1. The van der Waals surface area contributed by atoms with Gasteiger partial charge in [0.2, 0.25) is 0 Å². The average molecular weight is 392 g/mol. The van der Waals surface area contributed by atoms with Crippen LogP contribution in [0.5, 0.6) is 5.75 Å². The zero-order chi connectivity index (χ0) is 20.8. The number of piperazine rings is 1. The van der Waals surface area contributed by atoms with Gasteiger partial charge in [0.05, 0.1) is 12.0 Å². The summed E-state index contributed by atoms with van der Waals surface area (Å²) in [6.45, 7) is 2.26. The fourth-order valence-corrected chi connectivity index (χ4v) is 3.17. The lowest BCUT2D eigenvalue weighted by Gasteiger charge is -2.36. The Morgan fingerprint density at radius 2 is 1.86 bits per heavy atom. The number of nitriles is 1. The Morgan fingerprint density at radius 3 is 2.45 bits per heavy atom. The summed E-state index contributed by atoms with van der Waals surface area (Å²) in [4.78, 5) is 26.9. The molecule has 0 aliphatic carbocycles. The van der Waals surface area contributed by atoms with Crippen LogP contribution in [0, 0.1) is 21.4 Å². The number of nitro benzene ring substituents is 1. The Bertz CT molecular complexity index is 971. The monoisotopic (exact) mass is 392 g/mol. The third-order valence-corrected chi connectivity index (χ3v) is 4.75. The summed E-state index contributed by atoms with van der Waals surface area (Å²) >= 11 is 0. The van der Waals surface area contributed by atoms with Gasteiger partial charge in [0.1, 0.15) is 17.4 Å². The van der Waals surface area contributed by atoms with Crippen LogP contribution in [0.4, 0.5) is 11.4 Å². The van der Waals surface area contributed by atoms with Crippen LogP contribution >= 0.6 is 0 Å². The number of methoxy groups -OCH3 is 1. The summed E-state index contributed by atoms with van der Waals surface area (Å²) in [6.07, 6.45) is 1.39. The number of non-ortho nitro benzene ring substituents is 1. The van der Waals surface area contributed by atoms with E-state index in [2.05, 4.69) is 4.90 Å². The van der Waals surface area contributed by atoms with Crippen LogP contribution in [0.2, 0.25) is 0 Å². The van der Waals surface area contributed by atoms with Gasteiger partial charge in [-0.3, -0.25) is 14.9 Å². The molecule has 1 heterocycles. The van der Waals surface area contributed by atoms with Gasteiger partial charge in [-0.05, 0) is 35.9 Å². The van der Waals surface area contributed by atoms with E-state index >= 15 is 0 Å². The molecule has 0 radical (unpaired) electrons. The van der Waals surface area contributed by atoms with Gasteiger partial charge in [-0.2, -0.15) is 5.26 Å². The van der Waals surface area contributed by atoms with E-state index in [9.17, 15) is 20.2 Å². The predicted molar refractivity (Wildman–Crippen MR) is 108 cm³/mol. The first-order valence-corrected chi connectivity index (χ1v) is 9.06. The molecule has 148 valence electrons. The molecular formula is C21H20N4O4. The minimum absolute atomic E-state index is 0.0385. The van der Waals surface area contributed by atoms with Crippen molar-refractivity contribution in [2.75, 3.05) is 38.2 Å². The fraction of sp³-hybridized carbons (Fsp3) is 0.238. The highest BCUT2D eigenvalue weighted by Gasteiger charge is 2.24. The summed E-state index contributed by atoms with van der Waals surface area (Å²) in [5, 5.41) is 20.3. The van der Waals surface area contributed by atoms with Crippen LogP contribution in [0.3, 0.4) is 0 Å². The number of rotatable bonds is 5. The lowest BCUT2D eigenvalue weighted by atomic mass is 10.1. The summed E-state index contributed by atoms with van der Waals surface area (Å²) in [7, 11) is 1.62. The molecule has 2 aromatic carbocycles. The zero-order valence-corrected chi connectivity index (χ0v) is 15.9. The topological polar surface area (TPSA) is 99.7 Å². The highest BCUT2D eigenvalue weighted by atomic mass is 16.6. The molecule has 8 heteroatoms. The third-order valence-electron chi connectivity index (χ3n) is 4.75. The van der Waals surface area contributed by atoms with Crippen LogP contribution in [0.25, 0.3) is 6.08 Å². The lowest BCUT2D eigenvalue weighted by Crippen LogP contribution is -2.49. The molecule has 0 aromatic heterocycles. The quantitative estimate of drug-likeness (QED) is 0.336. The molecule has 2 aromatic rings. The van der Waals surface area contributed by atoms with Crippen LogP contribution in [0.1, 0.15) is 5.56 Å². The lowest BCUT2D eigenvalue weighted by molar-refractivity contribution is -0.384. The van der Waals surface area contributed by atoms with Gasteiger partial charge in [0, 0.05) is 44.0 Å². The van der Waals surface area contributed by atoms with Crippen LogP contribution in [-0.2, 0) is 4.79 Å². The second-order valence-corrected chi connectivity index (χ2v) is 6.50. The van der Waals surface area contributed by atoms with E-state index in [1.807, 2.05) is 30.3 Å². The Hall–Kier alpha value is -3.86.